The zero-order chi connectivity index (χ0) is 12.4. The van der Waals surface area contributed by atoms with Crippen LogP contribution in [-0.2, 0) is 0 Å². The Kier molecular flexibility index (Phi) is 3.41. The molecule has 1 aromatic carbocycles. The van der Waals surface area contributed by atoms with Gasteiger partial charge in [-0.1, -0.05) is 17.7 Å². The van der Waals surface area contributed by atoms with Gasteiger partial charge in [0.25, 0.3) is 0 Å². The molecular weight excluding hydrogens is 240 g/mol. The highest BCUT2D eigenvalue weighted by atomic mass is 35.5. The fourth-order valence-electron chi connectivity index (χ4n) is 1.67. The first-order chi connectivity index (χ1) is 8.13. The van der Waals surface area contributed by atoms with Gasteiger partial charge in [-0.15, -0.1) is 0 Å². The number of ether oxygens (including phenoxy) is 1. The molecule has 1 atom stereocenters. The van der Waals surface area contributed by atoms with Crippen molar-refractivity contribution in [3.63, 3.8) is 0 Å². The van der Waals surface area contributed by atoms with E-state index < -0.39 is 6.10 Å². The monoisotopic (exact) mass is 252 g/mol. The lowest BCUT2D eigenvalue weighted by molar-refractivity contribution is 0.188. The summed E-state index contributed by atoms with van der Waals surface area (Å²) in [6.45, 7) is 1.88. The second-order valence-corrected chi connectivity index (χ2v) is 4.17. The van der Waals surface area contributed by atoms with Crippen molar-refractivity contribution in [1.82, 2.24) is 0 Å². The largest absolute Gasteiger partial charge is 0.495 e. The van der Waals surface area contributed by atoms with Gasteiger partial charge in [-0.05, 0) is 36.2 Å². The standard InChI is InChI=1S/C13H13ClO3/c1-8-5-6-17-13(8)12(15)9-3-4-11(16-2)10(14)7-9/h3-7,12,15H,1-2H3. The van der Waals surface area contributed by atoms with Crippen molar-refractivity contribution >= 4 is 11.6 Å². The molecule has 1 heterocycles. The van der Waals surface area contributed by atoms with E-state index in [2.05, 4.69) is 0 Å². The molecule has 0 aliphatic carbocycles. The van der Waals surface area contributed by atoms with Crippen LogP contribution in [0.2, 0.25) is 5.02 Å². The summed E-state index contributed by atoms with van der Waals surface area (Å²) in [5.41, 5.74) is 1.58. The Morgan fingerprint density at radius 3 is 2.65 bits per heavy atom. The molecule has 4 heteroatoms. The maximum atomic E-state index is 10.2. The van der Waals surface area contributed by atoms with Crippen molar-refractivity contribution in [1.29, 1.82) is 0 Å². The summed E-state index contributed by atoms with van der Waals surface area (Å²) < 4.78 is 10.3. The summed E-state index contributed by atoms with van der Waals surface area (Å²) in [6, 6.07) is 6.97. The number of methoxy groups -OCH3 is 1. The van der Waals surface area contributed by atoms with Gasteiger partial charge in [-0.2, -0.15) is 0 Å². The van der Waals surface area contributed by atoms with Gasteiger partial charge < -0.3 is 14.3 Å². The van der Waals surface area contributed by atoms with E-state index in [-0.39, 0.29) is 0 Å². The molecule has 2 rings (SSSR count). The molecule has 3 nitrogen and oxygen atoms in total. The van der Waals surface area contributed by atoms with Gasteiger partial charge >= 0.3 is 0 Å². The van der Waals surface area contributed by atoms with Crippen LogP contribution in [0, 0.1) is 6.92 Å². The predicted molar refractivity (Wildman–Crippen MR) is 65.5 cm³/mol. The van der Waals surface area contributed by atoms with Gasteiger partial charge in [-0.3, -0.25) is 0 Å². The Bertz CT molecular complexity index is 519. The Morgan fingerprint density at radius 2 is 2.12 bits per heavy atom. The van der Waals surface area contributed by atoms with Gasteiger partial charge in [-0.25, -0.2) is 0 Å². The lowest BCUT2D eigenvalue weighted by Crippen LogP contribution is -2.00. The fourth-order valence-corrected chi connectivity index (χ4v) is 1.93. The van der Waals surface area contributed by atoms with Crippen molar-refractivity contribution < 1.29 is 14.3 Å². The summed E-state index contributed by atoms with van der Waals surface area (Å²) in [7, 11) is 1.55. The molecule has 0 saturated heterocycles. The predicted octanol–water partition coefficient (Wildman–Crippen LogP) is 3.33. The van der Waals surface area contributed by atoms with Crippen molar-refractivity contribution in [2.24, 2.45) is 0 Å². The average molecular weight is 253 g/mol. The van der Waals surface area contributed by atoms with Crippen LogP contribution in [0.5, 0.6) is 5.75 Å². The number of furan rings is 1. The topological polar surface area (TPSA) is 42.6 Å². The van der Waals surface area contributed by atoms with Gasteiger partial charge in [0.05, 0.1) is 18.4 Å². The van der Waals surface area contributed by atoms with Gasteiger partial charge in [0.1, 0.15) is 17.6 Å². The Balaban J connectivity index is 2.35. The number of benzene rings is 1. The van der Waals surface area contributed by atoms with E-state index >= 15 is 0 Å². The highest BCUT2D eigenvalue weighted by molar-refractivity contribution is 6.32. The van der Waals surface area contributed by atoms with Crippen LogP contribution in [0.1, 0.15) is 23.0 Å². The lowest BCUT2D eigenvalue weighted by Gasteiger charge is -2.11. The number of aliphatic hydroxyl groups is 1. The van der Waals surface area contributed by atoms with E-state index in [4.69, 9.17) is 20.8 Å². The van der Waals surface area contributed by atoms with Crippen LogP contribution < -0.4 is 4.74 Å². The van der Waals surface area contributed by atoms with E-state index in [1.54, 1.807) is 31.6 Å². The Labute approximate surface area is 105 Å². The smallest absolute Gasteiger partial charge is 0.139 e. The molecule has 1 unspecified atom stereocenters. The van der Waals surface area contributed by atoms with Crippen LogP contribution in [0.4, 0.5) is 0 Å². The maximum Gasteiger partial charge on any atom is 0.139 e. The summed E-state index contributed by atoms with van der Waals surface area (Å²) in [6.07, 6.45) is 0.743. The first kappa shape index (κ1) is 12.0. The first-order valence-corrected chi connectivity index (χ1v) is 5.56. The first-order valence-electron chi connectivity index (χ1n) is 5.19. The number of aryl methyl sites for hydroxylation is 1. The molecule has 17 heavy (non-hydrogen) atoms. The molecular formula is C13H13ClO3. The third kappa shape index (κ3) is 2.30. The van der Waals surface area contributed by atoms with Crippen molar-refractivity contribution in [2.45, 2.75) is 13.0 Å². The zero-order valence-electron chi connectivity index (χ0n) is 9.61. The van der Waals surface area contributed by atoms with Crippen molar-refractivity contribution in [3.8, 4) is 5.75 Å². The van der Waals surface area contributed by atoms with E-state index in [9.17, 15) is 5.11 Å². The number of rotatable bonds is 3. The molecule has 0 saturated carbocycles. The molecule has 90 valence electrons. The van der Waals surface area contributed by atoms with Crippen LogP contribution in [0.25, 0.3) is 0 Å². The Hall–Kier alpha value is -1.45. The van der Waals surface area contributed by atoms with E-state index in [0.29, 0.717) is 22.1 Å². The van der Waals surface area contributed by atoms with Gasteiger partial charge in [0.2, 0.25) is 0 Å². The number of hydrogen-bond acceptors (Lipinski definition) is 3. The van der Waals surface area contributed by atoms with Crippen molar-refractivity contribution in [2.75, 3.05) is 7.11 Å². The summed E-state index contributed by atoms with van der Waals surface area (Å²) in [5, 5.41) is 10.6. The minimum Gasteiger partial charge on any atom is -0.495 e. The van der Waals surface area contributed by atoms with Crippen LogP contribution in [0.15, 0.2) is 34.9 Å². The number of hydrogen-bond donors (Lipinski definition) is 1. The number of halogens is 1. The molecule has 0 bridgehead atoms. The maximum absolute atomic E-state index is 10.2. The highest BCUT2D eigenvalue weighted by Gasteiger charge is 2.17. The molecule has 1 N–H and O–H groups in total. The van der Waals surface area contributed by atoms with Gasteiger partial charge in [0.15, 0.2) is 0 Å². The lowest BCUT2D eigenvalue weighted by atomic mass is 10.0. The zero-order valence-corrected chi connectivity index (χ0v) is 10.4. The van der Waals surface area contributed by atoms with Crippen LogP contribution in [0.3, 0.4) is 0 Å². The molecule has 0 spiro atoms. The molecule has 0 radical (unpaired) electrons. The van der Waals surface area contributed by atoms with E-state index in [0.717, 1.165) is 5.56 Å². The Morgan fingerprint density at radius 1 is 1.35 bits per heavy atom. The summed E-state index contributed by atoms with van der Waals surface area (Å²) in [4.78, 5) is 0. The molecule has 0 aliphatic rings. The highest BCUT2D eigenvalue weighted by Crippen LogP contribution is 2.31. The molecule has 0 amide bonds. The normalized spacial score (nSPS) is 12.5. The molecule has 2 aromatic rings. The third-order valence-electron chi connectivity index (χ3n) is 2.64. The molecule has 0 aliphatic heterocycles. The minimum absolute atomic E-state index is 0.466. The second-order valence-electron chi connectivity index (χ2n) is 3.76. The quantitative estimate of drug-likeness (QED) is 0.911. The van der Waals surface area contributed by atoms with Crippen LogP contribution >= 0.6 is 11.6 Å². The average Bonchev–Trinajstić information content (AvgIpc) is 2.74. The molecule has 0 fully saturated rings. The number of aliphatic hydroxyl groups excluding tert-OH is 1. The van der Waals surface area contributed by atoms with Gasteiger partial charge in [0, 0.05) is 0 Å². The minimum atomic E-state index is -0.812. The van der Waals surface area contributed by atoms with Crippen LogP contribution in [-0.4, -0.2) is 12.2 Å². The van der Waals surface area contributed by atoms with E-state index in [1.165, 1.54) is 0 Å². The third-order valence-corrected chi connectivity index (χ3v) is 2.94. The second kappa shape index (κ2) is 4.82. The SMILES string of the molecule is COc1ccc(C(O)c2occc2C)cc1Cl. The van der Waals surface area contributed by atoms with Crippen molar-refractivity contribution in [3.05, 3.63) is 52.4 Å². The summed E-state index contributed by atoms with van der Waals surface area (Å²) >= 11 is 6.01. The molecule has 1 aromatic heterocycles. The fraction of sp³-hybridized carbons (Fsp3) is 0.231. The summed E-state index contributed by atoms with van der Waals surface area (Å²) in [5.74, 6) is 1.12. The van der Waals surface area contributed by atoms with E-state index in [1.807, 2.05) is 13.0 Å².